The maximum Gasteiger partial charge on any atom is 0.319 e. The lowest BCUT2D eigenvalue weighted by atomic mass is 9.96. The van der Waals surface area contributed by atoms with Crippen LogP contribution in [0.4, 0.5) is 4.79 Å². The van der Waals surface area contributed by atoms with Crippen LogP contribution < -0.4 is 5.32 Å². The molecule has 2 heterocycles. The van der Waals surface area contributed by atoms with Crippen LogP contribution in [0, 0.1) is 0 Å². The summed E-state index contributed by atoms with van der Waals surface area (Å²) >= 11 is 5.61. The van der Waals surface area contributed by atoms with Crippen molar-refractivity contribution in [3.63, 3.8) is 0 Å². The number of carbonyl (C=O) groups excluding carboxylic acids is 1. The SMILES string of the molecule is O=C(NCCCl)N(CCOCCO)C1O[C@H](CO)[C@@H](O[C@H]2O[C@H](CO)[C@@H](O)[C@H](O)[C@H]2O)[C@H](O)[C@H]1O. The molecule has 0 bridgehead atoms. The van der Waals surface area contributed by atoms with Gasteiger partial charge in [0.15, 0.2) is 12.5 Å². The maximum absolute atomic E-state index is 12.6. The van der Waals surface area contributed by atoms with Crippen LogP contribution in [0.25, 0.3) is 0 Å². The van der Waals surface area contributed by atoms with Gasteiger partial charge in [0.2, 0.25) is 0 Å². The third-order valence-electron chi connectivity index (χ3n) is 5.63. The average molecular weight is 535 g/mol. The van der Waals surface area contributed by atoms with E-state index < -0.39 is 80.6 Å². The predicted molar refractivity (Wildman–Crippen MR) is 115 cm³/mol. The van der Waals surface area contributed by atoms with Crippen LogP contribution in [0.5, 0.6) is 0 Å². The van der Waals surface area contributed by atoms with E-state index in [2.05, 4.69) is 5.32 Å². The zero-order valence-electron chi connectivity index (χ0n) is 18.9. The van der Waals surface area contributed by atoms with E-state index in [0.29, 0.717) is 0 Å². The molecule has 9 N–H and O–H groups in total. The Morgan fingerprint density at radius 2 is 1.57 bits per heavy atom. The Kier molecular flexibility index (Phi) is 12.8. The van der Waals surface area contributed by atoms with Gasteiger partial charge in [-0.1, -0.05) is 0 Å². The third-order valence-corrected chi connectivity index (χ3v) is 5.82. The Bertz CT molecular complexity index is 634. The Hall–Kier alpha value is -0.920. The number of aliphatic hydroxyl groups is 8. The summed E-state index contributed by atoms with van der Waals surface area (Å²) in [5.74, 6) is 0.103. The quantitative estimate of drug-likeness (QED) is 0.0843. The Balaban J connectivity index is 2.17. The molecule has 0 aliphatic carbocycles. The summed E-state index contributed by atoms with van der Waals surface area (Å²) in [5, 5.41) is 82.1. The highest BCUT2D eigenvalue weighted by molar-refractivity contribution is 6.18. The molecule has 2 aliphatic rings. The lowest BCUT2D eigenvalue weighted by Crippen LogP contribution is -2.67. The van der Waals surface area contributed by atoms with Crippen molar-refractivity contribution in [2.24, 2.45) is 0 Å². The van der Waals surface area contributed by atoms with Crippen LogP contribution >= 0.6 is 11.6 Å². The minimum absolute atomic E-state index is 0.00210. The first-order valence-corrected chi connectivity index (χ1v) is 11.6. The maximum atomic E-state index is 12.6. The number of amides is 2. The fraction of sp³-hybridized carbons (Fsp3) is 0.947. The molecule has 0 radical (unpaired) electrons. The normalized spacial score (nSPS) is 37.7. The highest BCUT2D eigenvalue weighted by Gasteiger charge is 2.52. The number of alkyl halides is 1. The zero-order valence-corrected chi connectivity index (χ0v) is 19.6. The number of nitrogens with one attached hydrogen (secondary N) is 1. The second-order valence-electron chi connectivity index (χ2n) is 7.98. The molecule has 1 unspecified atom stereocenters. The monoisotopic (exact) mass is 534 g/mol. The minimum Gasteiger partial charge on any atom is -0.394 e. The molecule has 2 saturated heterocycles. The van der Waals surface area contributed by atoms with Gasteiger partial charge in [0.25, 0.3) is 0 Å². The summed E-state index contributed by atoms with van der Waals surface area (Å²) in [7, 11) is 0. The van der Waals surface area contributed by atoms with E-state index in [9.17, 15) is 40.5 Å². The molecular weight excluding hydrogens is 500 g/mol. The third kappa shape index (κ3) is 7.54. The van der Waals surface area contributed by atoms with Crippen molar-refractivity contribution in [1.29, 1.82) is 0 Å². The van der Waals surface area contributed by atoms with Gasteiger partial charge < -0.3 is 65.1 Å². The fourth-order valence-electron chi connectivity index (χ4n) is 3.76. The van der Waals surface area contributed by atoms with Gasteiger partial charge >= 0.3 is 6.03 Å². The van der Waals surface area contributed by atoms with Crippen LogP contribution in [-0.4, -0.2) is 165 Å². The second-order valence-corrected chi connectivity index (χ2v) is 8.36. The number of hydrogen-bond acceptors (Lipinski definition) is 13. The number of carbonyl (C=O) groups is 1. The van der Waals surface area contributed by atoms with E-state index in [0.717, 1.165) is 4.90 Å². The standard InChI is InChI=1S/C19H35ClN2O13/c20-1-2-21-19(31)22(3-5-32-6-4-23)17-14(29)13(28)16(10(8-25)33-17)35-18-15(30)12(27)11(26)9(7-24)34-18/h9-18,23-30H,1-8H2,(H,21,31)/t9-,10-,11-,12+,13-,14-,15-,16-,17?,18-/m1/s1. The van der Waals surface area contributed by atoms with E-state index in [1.807, 2.05) is 0 Å². The van der Waals surface area contributed by atoms with Gasteiger partial charge in [-0.05, 0) is 0 Å². The molecule has 206 valence electrons. The molecule has 2 fully saturated rings. The summed E-state index contributed by atoms with van der Waals surface area (Å²) in [6.45, 7) is -1.80. The van der Waals surface area contributed by atoms with Gasteiger partial charge in [-0.3, -0.25) is 4.90 Å². The van der Waals surface area contributed by atoms with E-state index in [1.165, 1.54) is 0 Å². The number of hydrogen-bond donors (Lipinski definition) is 9. The van der Waals surface area contributed by atoms with Crippen molar-refractivity contribution in [2.45, 2.75) is 61.3 Å². The second kappa shape index (κ2) is 14.7. The number of aliphatic hydroxyl groups excluding tert-OH is 8. The van der Waals surface area contributed by atoms with Crippen LogP contribution in [-0.2, 0) is 18.9 Å². The molecule has 2 amide bonds. The highest BCUT2D eigenvalue weighted by atomic mass is 35.5. The van der Waals surface area contributed by atoms with Crippen LogP contribution in [0.2, 0.25) is 0 Å². The van der Waals surface area contributed by atoms with Crippen molar-refractivity contribution < 1.29 is 64.6 Å². The smallest absolute Gasteiger partial charge is 0.319 e. The molecule has 0 saturated carbocycles. The first kappa shape index (κ1) is 30.3. The fourth-order valence-corrected chi connectivity index (χ4v) is 3.85. The molecule has 0 aromatic carbocycles. The summed E-state index contributed by atoms with van der Waals surface area (Å²) in [4.78, 5) is 13.7. The number of urea groups is 1. The van der Waals surface area contributed by atoms with Crippen molar-refractivity contribution in [2.75, 3.05) is 52.0 Å². The molecule has 10 atom stereocenters. The zero-order chi connectivity index (χ0) is 26.1. The molecule has 2 rings (SSSR count). The highest BCUT2D eigenvalue weighted by Crippen LogP contribution is 2.30. The number of nitrogens with zero attached hydrogens (tertiary/aromatic N) is 1. The summed E-state index contributed by atoms with van der Waals surface area (Å²) in [6, 6.07) is -0.709. The van der Waals surface area contributed by atoms with Gasteiger partial charge in [-0.2, -0.15) is 0 Å². The molecule has 35 heavy (non-hydrogen) atoms. The minimum atomic E-state index is -1.80. The van der Waals surface area contributed by atoms with E-state index >= 15 is 0 Å². The predicted octanol–water partition coefficient (Wildman–Crippen LogP) is -5.13. The van der Waals surface area contributed by atoms with Crippen LogP contribution in [0.1, 0.15) is 0 Å². The molecule has 2 aliphatic heterocycles. The van der Waals surface area contributed by atoms with Gasteiger partial charge in [0, 0.05) is 19.0 Å². The molecular formula is C19H35ClN2O13. The Morgan fingerprint density at radius 3 is 2.17 bits per heavy atom. The first-order chi connectivity index (χ1) is 16.7. The average Bonchev–Trinajstić information content (AvgIpc) is 2.86. The summed E-state index contributed by atoms with van der Waals surface area (Å²) in [6.07, 6.45) is -16.0. The molecule has 15 nitrogen and oxygen atoms in total. The molecule has 0 aromatic heterocycles. The first-order valence-electron chi connectivity index (χ1n) is 11.1. The van der Waals surface area contributed by atoms with E-state index in [1.54, 1.807) is 0 Å². The van der Waals surface area contributed by atoms with Gasteiger partial charge in [0.05, 0.1) is 33.0 Å². The van der Waals surface area contributed by atoms with Crippen molar-refractivity contribution in [1.82, 2.24) is 10.2 Å². The van der Waals surface area contributed by atoms with E-state index in [4.69, 9.17) is 35.7 Å². The van der Waals surface area contributed by atoms with Crippen LogP contribution in [0.3, 0.4) is 0 Å². The van der Waals surface area contributed by atoms with Gasteiger partial charge in [-0.15, -0.1) is 11.6 Å². The van der Waals surface area contributed by atoms with Crippen molar-refractivity contribution >= 4 is 17.6 Å². The van der Waals surface area contributed by atoms with Crippen molar-refractivity contribution in [3.05, 3.63) is 0 Å². The summed E-state index contributed by atoms with van der Waals surface area (Å²) in [5.41, 5.74) is 0. The number of rotatable bonds is 12. The Morgan fingerprint density at radius 1 is 0.886 bits per heavy atom. The molecule has 16 heteroatoms. The molecule has 0 aromatic rings. The Labute approximate surface area is 206 Å². The van der Waals surface area contributed by atoms with Gasteiger partial charge in [0.1, 0.15) is 48.8 Å². The molecule has 0 spiro atoms. The topological polar surface area (TPSA) is 231 Å². The largest absolute Gasteiger partial charge is 0.394 e. The van der Waals surface area contributed by atoms with E-state index in [-0.39, 0.29) is 38.8 Å². The lowest BCUT2D eigenvalue weighted by Gasteiger charge is -2.48. The number of halogens is 1. The lowest BCUT2D eigenvalue weighted by molar-refractivity contribution is -0.347. The van der Waals surface area contributed by atoms with Crippen LogP contribution in [0.15, 0.2) is 0 Å². The van der Waals surface area contributed by atoms with Gasteiger partial charge in [-0.25, -0.2) is 4.79 Å². The summed E-state index contributed by atoms with van der Waals surface area (Å²) < 4.78 is 21.6. The number of ether oxygens (including phenoxy) is 4. The van der Waals surface area contributed by atoms with Crippen molar-refractivity contribution in [3.8, 4) is 0 Å².